The number of hydrogen-bond acceptors (Lipinski definition) is 8. The SMILES string of the molecule is CN1CCC(C#N)(NC(=O)[C@H](CC2CCCCC2)N=C(NC(=O)OCC2CCCO2)N2CCOCC2)CC1. The summed E-state index contributed by atoms with van der Waals surface area (Å²) < 4.78 is 16.5. The van der Waals surface area contributed by atoms with E-state index in [1.807, 2.05) is 11.9 Å². The van der Waals surface area contributed by atoms with Gasteiger partial charge in [0.2, 0.25) is 11.9 Å². The molecule has 2 N–H and O–H groups in total. The first-order valence-corrected chi connectivity index (χ1v) is 14.3. The van der Waals surface area contributed by atoms with Crippen molar-refractivity contribution in [1.82, 2.24) is 20.4 Å². The molecule has 0 aromatic rings. The Hall–Kier alpha value is -2.42. The molecule has 1 aliphatic carbocycles. The molecule has 0 aromatic carbocycles. The van der Waals surface area contributed by atoms with Crippen molar-refractivity contribution in [2.75, 3.05) is 59.7 Å². The van der Waals surface area contributed by atoms with E-state index in [0.717, 1.165) is 51.6 Å². The number of aliphatic imine (C=N–C) groups is 1. The molecular weight excluding hydrogens is 488 g/mol. The second-order valence-corrected chi connectivity index (χ2v) is 11.2. The van der Waals surface area contributed by atoms with E-state index in [9.17, 15) is 14.9 Å². The van der Waals surface area contributed by atoms with E-state index in [1.54, 1.807) is 0 Å². The Kier molecular flexibility index (Phi) is 10.6. The number of alkyl carbamates (subject to hydrolysis) is 1. The van der Waals surface area contributed by atoms with Gasteiger partial charge in [-0.3, -0.25) is 10.1 Å². The first-order valence-electron chi connectivity index (χ1n) is 14.3. The van der Waals surface area contributed by atoms with Gasteiger partial charge in [-0.05, 0) is 45.1 Å². The van der Waals surface area contributed by atoms with E-state index in [1.165, 1.54) is 6.42 Å². The van der Waals surface area contributed by atoms with Crippen LogP contribution in [-0.2, 0) is 19.0 Å². The van der Waals surface area contributed by atoms with Crippen molar-refractivity contribution in [2.24, 2.45) is 10.9 Å². The summed E-state index contributed by atoms with van der Waals surface area (Å²) in [6, 6.07) is 1.68. The lowest BCUT2D eigenvalue weighted by Crippen LogP contribution is -2.56. The summed E-state index contributed by atoms with van der Waals surface area (Å²) in [7, 11) is 2.03. The van der Waals surface area contributed by atoms with Crippen LogP contribution >= 0.6 is 0 Å². The highest BCUT2D eigenvalue weighted by atomic mass is 16.6. The van der Waals surface area contributed by atoms with Gasteiger partial charge in [0.25, 0.3) is 0 Å². The number of nitriles is 1. The van der Waals surface area contributed by atoms with Gasteiger partial charge >= 0.3 is 6.09 Å². The molecule has 0 spiro atoms. The molecule has 1 saturated carbocycles. The molecule has 2 amide bonds. The molecule has 0 radical (unpaired) electrons. The molecule has 38 heavy (non-hydrogen) atoms. The average Bonchev–Trinajstić information content (AvgIpc) is 3.47. The largest absolute Gasteiger partial charge is 0.446 e. The number of amides is 2. The zero-order chi connectivity index (χ0) is 26.8. The predicted molar refractivity (Wildman–Crippen MR) is 141 cm³/mol. The van der Waals surface area contributed by atoms with Gasteiger partial charge in [-0.1, -0.05) is 32.1 Å². The van der Waals surface area contributed by atoms with Crippen LogP contribution in [0.5, 0.6) is 0 Å². The van der Waals surface area contributed by atoms with Gasteiger partial charge in [0.15, 0.2) is 0 Å². The van der Waals surface area contributed by atoms with Crippen LogP contribution < -0.4 is 10.6 Å². The lowest BCUT2D eigenvalue weighted by Gasteiger charge is -2.37. The number of nitrogens with one attached hydrogen (secondary N) is 2. The lowest BCUT2D eigenvalue weighted by molar-refractivity contribution is -0.124. The zero-order valence-corrected chi connectivity index (χ0v) is 22.8. The fraction of sp³-hybridized carbons (Fsp3) is 0.852. The Morgan fingerprint density at radius 2 is 1.82 bits per heavy atom. The molecule has 4 aliphatic rings. The maximum atomic E-state index is 13.7. The highest BCUT2D eigenvalue weighted by Gasteiger charge is 2.38. The van der Waals surface area contributed by atoms with Crippen LogP contribution in [0.4, 0.5) is 4.79 Å². The Morgan fingerprint density at radius 1 is 1.08 bits per heavy atom. The first-order chi connectivity index (χ1) is 18.5. The Morgan fingerprint density at radius 3 is 2.47 bits per heavy atom. The van der Waals surface area contributed by atoms with E-state index in [4.69, 9.17) is 19.2 Å². The van der Waals surface area contributed by atoms with Crippen LogP contribution in [0.3, 0.4) is 0 Å². The van der Waals surface area contributed by atoms with Crippen LogP contribution in [0.25, 0.3) is 0 Å². The summed E-state index contributed by atoms with van der Waals surface area (Å²) in [4.78, 5) is 35.5. The van der Waals surface area contributed by atoms with E-state index in [-0.39, 0.29) is 18.6 Å². The van der Waals surface area contributed by atoms with Crippen LogP contribution in [0.1, 0.15) is 64.2 Å². The van der Waals surface area contributed by atoms with Crippen molar-refractivity contribution >= 4 is 18.0 Å². The van der Waals surface area contributed by atoms with Crippen LogP contribution in [0.2, 0.25) is 0 Å². The van der Waals surface area contributed by atoms with Gasteiger partial charge in [0.1, 0.15) is 18.2 Å². The third kappa shape index (κ3) is 8.29. The molecule has 2 atom stereocenters. The fourth-order valence-corrected chi connectivity index (χ4v) is 5.73. The number of rotatable bonds is 7. The Balaban J connectivity index is 1.51. The number of likely N-dealkylation sites (tertiary alicyclic amines) is 1. The van der Waals surface area contributed by atoms with Crippen LogP contribution in [0.15, 0.2) is 4.99 Å². The summed E-state index contributed by atoms with van der Waals surface area (Å²) in [6.07, 6.45) is 8.57. The Bertz CT molecular complexity index is 851. The minimum Gasteiger partial charge on any atom is -0.446 e. The van der Waals surface area contributed by atoms with Crippen molar-refractivity contribution in [3.8, 4) is 6.07 Å². The van der Waals surface area contributed by atoms with E-state index >= 15 is 0 Å². The molecule has 1 unspecified atom stereocenters. The minimum atomic E-state index is -0.892. The van der Waals surface area contributed by atoms with Crippen molar-refractivity contribution in [3.63, 3.8) is 0 Å². The van der Waals surface area contributed by atoms with Crippen molar-refractivity contribution in [2.45, 2.75) is 81.9 Å². The van der Waals surface area contributed by atoms with Gasteiger partial charge in [0, 0.05) is 32.8 Å². The number of nitrogens with zero attached hydrogens (tertiary/aromatic N) is 4. The van der Waals surface area contributed by atoms with E-state index < -0.39 is 17.7 Å². The molecule has 3 saturated heterocycles. The van der Waals surface area contributed by atoms with Crippen molar-refractivity contribution in [1.29, 1.82) is 5.26 Å². The minimum absolute atomic E-state index is 0.0777. The maximum absolute atomic E-state index is 13.7. The number of piperidine rings is 1. The van der Waals surface area contributed by atoms with E-state index in [2.05, 4.69) is 21.6 Å². The number of carbonyl (C=O) groups is 2. The lowest BCUT2D eigenvalue weighted by atomic mass is 9.84. The third-order valence-corrected chi connectivity index (χ3v) is 8.23. The van der Waals surface area contributed by atoms with Crippen LogP contribution in [-0.4, -0.2) is 105 Å². The summed E-state index contributed by atoms with van der Waals surface area (Å²) in [5, 5.41) is 15.9. The highest BCUT2D eigenvalue weighted by Crippen LogP contribution is 2.29. The summed E-state index contributed by atoms with van der Waals surface area (Å²) >= 11 is 0. The Labute approximate surface area is 226 Å². The predicted octanol–water partition coefficient (Wildman–Crippen LogP) is 2.02. The molecule has 3 heterocycles. The van der Waals surface area contributed by atoms with Gasteiger partial charge in [-0.2, -0.15) is 5.26 Å². The van der Waals surface area contributed by atoms with E-state index in [0.29, 0.717) is 64.1 Å². The molecule has 4 rings (SSSR count). The van der Waals surface area contributed by atoms with Crippen molar-refractivity contribution in [3.05, 3.63) is 0 Å². The monoisotopic (exact) mass is 532 g/mol. The van der Waals surface area contributed by atoms with Gasteiger partial charge in [-0.15, -0.1) is 0 Å². The van der Waals surface area contributed by atoms with Crippen molar-refractivity contribution < 1.29 is 23.8 Å². The molecule has 11 nitrogen and oxygen atoms in total. The summed E-state index contributed by atoms with van der Waals surface area (Å²) in [5.74, 6) is 0.467. The highest BCUT2D eigenvalue weighted by molar-refractivity contribution is 5.96. The number of ether oxygens (including phenoxy) is 3. The van der Waals surface area contributed by atoms with Gasteiger partial charge < -0.3 is 29.3 Å². The molecular formula is C27H44N6O5. The topological polar surface area (TPSA) is 129 Å². The molecule has 0 bridgehead atoms. The van der Waals surface area contributed by atoms with Gasteiger partial charge in [0.05, 0.1) is 25.4 Å². The smallest absolute Gasteiger partial charge is 0.414 e. The molecule has 212 valence electrons. The molecule has 0 aromatic heterocycles. The summed E-state index contributed by atoms with van der Waals surface area (Å²) in [5.41, 5.74) is -0.892. The second-order valence-electron chi connectivity index (χ2n) is 11.2. The average molecular weight is 533 g/mol. The third-order valence-electron chi connectivity index (χ3n) is 8.23. The molecule has 4 fully saturated rings. The first kappa shape index (κ1) is 28.6. The number of carbonyl (C=O) groups excluding carboxylic acids is 2. The molecule has 3 aliphatic heterocycles. The fourth-order valence-electron chi connectivity index (χ4n) is 5.73. The summed E-state index contributed by atoms with van der Waals surface area (Å²) in [6.45, 7) is 4.51. The van der Waals surface area contributed by atoms with Crippen LogP contribution in [0, 0.1) is 17.2 Å². The standard InChI is InChI=1S/C27H44N6O5/c1-32-11-9-27(20-28,10-12-32)31-24(34)23(18-21-6-3-2-4-7-21)29-25(33-13-16-36-17-14-33)30-26(35)38-19-22-8-5-15-37-22/h21-23H,2-19H2,1H3,(H,31,34)(H,29,30,35)/t22?,23-/m0/s1. The van der Waals surface area contributed by atoms with Gasteiger partial charge in [-0.25, -0.2) is 9.79 Å². The normalized spacial score (nSPS) is 25.8. The molecule has 11 heteroatoms. The number of morpholine rings is 1. The quantitative estimate of drug-likeness (QED) is 0.377. The maximum Gasteiger partial charge on any atom is 0.414 e. The number of hydrogen-bond donors (Lipinski definition) is 2. The number of guanidine groups is 1. The second kappa shape index (κ2) is 14.1. The zero-order valence-electron chi connectivity index (χ0n) is 22.8.